The molecule has 3 aromatic rings. The maximum atomic E-state index is 12.7. The summed E-state index contributed by atoms with van der Waals surface area (Å²) in [5.74, 6) is 0.597. The lowest BCUT2D eigenvalue weighted by Crippen LogP contribution is -2.21. The first kappa shape index (κ1) is 18.7. The highest BCUT2D eigenvalue weighted by molar-refractivity contribution is 6.31. The Morgan fingerprint density at radius 2 is 1.96 bits per heavy atom. The van der Waals surface area contributed by atoms with Crippen molar-refractivity contribution in [2.24, 2.45) is 0 Å². The van der Waals surface area contributed by atoms with Crippen molar-refractivity contribution in [1.29, 1.82) is 0 Å². The predicted octanol–water partition coefficient (Wildman–Crippen LogP) is 4.55. The number of carbonyl (C=O) groups is 1. The normalized spacial score (nSPS) is 10.3. The molecule has 0 radical (unpaired) electrons. The zero-order valence-corrected chi connectivity index (χ0v) is 15.8. The van der Waals surface area contributed by atoms with Crippen molar-refractivity contribution in [2.45, 2.75) is 6.92 Å². The number of nitrogens with zero attached hydrogens (tertiary/aromatic N) is 3. The Labute approximate surface area is 162 Å². The van der Waals surface area contributed by atoms with Crippen molar-refractivity contribution >= 4 is 34.8 Å². The Hall–Kier alpha value is -3.12. The molecular weight excluding hydrogens is 364 g/mol. The molecule has 1 heterocycles. The van der Waals surface area contributed by atoms with Crippen LogP contribution in [0.4, 0.5) is 17.3 Å². The van der Waals surface area contributed by atoms with E-state index < -0.39 is 0 Å². The van der Waals surface area contributed by atoms with Crippen LogP contribution in [0.25, 0.3) is 0 Å². The average Bonchev–Trinajstić information content (AvgIpc) is 2.70. The molecule has 0 fully saturated rings. The summed E-state index contributed by atoms with van der Waals surface area (Å²) >= 11 is 6.02. The van der Waals surface area contributed by atoms with Crippen molar-refractivity contribution in [3.8, 4) is 5.75 Å². The molecule has 0 spiro atoms. The Morgan fingerprint density at radius 1 is 1.19 bits per heavy atom. The largest absolute Gasteiger partial charge is 0.495 e. The fourth-order valence-corrected chi connectivity index (χ4v) is 2.79. The van der Waals surface area contributed by atoms with E-state index in [2.05, 4.69) is 15.3 Å². The minimum Gasteiger partial charge on any atom is -0.495 e. The third-order valence-electron chi connectivity index (χ3n) is 3.91. The van der Waals surface area contributed by atoms with Crippen LogP contribution in [0.2, 0.25) is 5.02 Å². The summed E-state index contributed by atoms with van der Waals surface area (Å²) < 4.78 is 5.26. The summed E-state index contributed by atoms with van der Waals surface area (Å²) in [6, 6.07) is 16.3. The number of hydrogen-bond donors (Lipinski definition) is 1. The zero-order valence-electron chi connectivity index (χ0n) is 15.0. The molecular formula is C20H19ClN4O2. The van der Waals surface area contributed by atoms with Crippen LogP contribution in [0.3, 0.4) is 0 Å². The van der Waals surface area contributed by atoms with Gasteiger partial charge in [-0.1, -0.05) is 29.8 Å². The predicted molar refractivity (Wildman–Crippen MR) is 107 cm³/mol. The molecule has 7 heteroatoms. The molecule has 0 bridgehead atoms. The second-order valence-electron chi connectivity index (χ2n) is 5.62. The van der Waals surface area contributed by atoms with Crippen molar-refractivity contribution < 1.29 is 9.53 Å². The highest BCUT2D eigenvalue weighted by Gasteiger charge is 2.15. The molecule has 0 unspecified atom stereocenters. The summed E-state index contributed by atoms with van der Waals surface area (Å²) in [7, 11) is 1.53. The number of hydrogen-bond acceptors (Lipinski definition) is 5. The Bertz CT molecular complexity index is 934. The van der Waals surface area contributed by atoms with Gasteiger partial charge in [0.15, 0.2) is 0 Å². The molecule has 0 aliphatic heterocycles. The number of anilines is 3. The average molecular weight is 383 g/mol. The fourth-order valence-electron chi connectivity index (χ4n) is 2.62. The highest BCUT2D eigenvalue weighted by atomic mass is 35.5. The molecule has 0 saturated carbocycles. The molecule has 0 atom stereocenters. The highest BCUT2D eigenvalue weighted by Crippen LogP contribution is 2.28. The smallest absolute Gasteiger partial charge is 0.274 e. The van der Waals surface area contributed by atoms with Gasteiger partial charge in [-0.25, -0.2) is 9.97 Å². The SMILES string of the molecule is CCN(c1ccccc1)c1nccc(C(=O)Nc2cc(Cl)ccc2OC)n1. The minimum absolute atomic E-state index is 0.247. The van der Waals surface area contributed by atoms with Gasteiger partial charge in [0.1, 0.15) is 11.4 Å². The van der Waals surface area contributed by atoms with Crippen molar-refractivity contribution in [3.05, 3.63) is 71.5 Å². The van der Waals surface area contributed by atoms with Crippen LogP contribution in [0.5, 0.6) is 5.75 Å². The molecule has 138 valence electrons. The summed E-state index contributed by atoms with van der Waals surface area (Å²) in [5, 5.41) is 3.28. The van der Waals surface area contributed by atoms with E-state index >= 15 is 0 Å². The van der Waals surface area contributed by atoms with Gasteiger partial charge < -0.3 is 15.0 Å². The molecule has 3 rings (SSSR count). The van der Waals surface area contributed by atoms with Crippen LogP contribution < -0.4 is 15.0 Å². The molecule has 1 amide bonds. The van der Waals surface area contributed by atoms with E-state index in [0.717, 1.165) is 5.69 Å². The lowest BCUT2D eigenvalue weighted by atomic mass is 10.2. The van der Waals surface area contributed by atoms with Gasteiger partial charge in [-0.05, 0) is 43.3 Å². The van der Waals surface area contributed by atoms with Crippen molar-refractivity contribution in [2.75, 3.05) is 23.9 Å². The van der Waals surface area contributed by atoms with E-state index in [9.17, 15) is 4.79 Å². The zero-order chi connectivity index (χ0) is 19.2. The van der Waals surface area contributed by atoms with Crippen LogP contribution in [0.1, 0.15) is 17.4 Å². The van der Waals surface area contributed by atoms with Gasteiger partial charge in [-0.3, -0.25) is 4.79 Å². The van der Waals surface area contributed by atoms with E-state index in [-0.39, 0.29) is 11.6 Å². The molecule has 2 aromatic carbocycles. The number of rotatable bonds is 6. The topological polar surface area (TPSA) is 67.4 Å². The number of benzene rings is 2. The van der Waals surface area contributed by atoms with Crippen LogP contribution in [0.15, 0.2) is 60.8 Å². The third kappa shape index (κ3) is 4.35. The number of carbonyl (C=O) groups excluding carboxylic acids is 1. The monoisotopic (exact) mass is 382 g/mol. The second-order valence-corrected chi connectivity index (χ2v) is 6.06. The lowest BCUT2D eigenvalue weighted by Gasteiger charge is -2.21. The Kier molecular flexibility index (Phi) is 5.88. The molecule has 1 N–H and O–H groups in total. The number of ether oxygens (including phenoxy) is 1. The summed E-state index contributed by atoms with van der Waals surface area (Å²) in [6.07, 6.45) is 1.57. The first-order valence-electron chi connectivity index (χ1n) is 8.43. The van der Waals surface area contributed by atoms with Gasteiger partial charge >= 0.3 is 0 Å². The van der Waals surface area contributed by atoms with Gasteiger partial charge in [-0.2, -0.15) is 0 Å². The van der Waals surface area contributed by atoms with Gasteiger partial charge in [0.25, 0.3) is 5.91 Å². The summed E-state index contributed by atoms with van der Waals surface area (Å²) in [5.41, 5.74) is 1.68. The number of halogens is 1. The fraction of sp³-hybridized carbons (Fsp3) is 0.150. The quantitative estimate of drug-likeness (QED) is 0.677. The van der Waals surface area contributed by atoms with Crippen LogP contribution in [-0.2, 0) is 0 Å². The molecule has 0 aliphatic carbocycles. The maximum absolute atomic E-state index is 12.7. The Morgan fingerprint density at radius 3 is 2.67 bits per heavy atom. The van der Waals surface area contributed by atoms with Gasteiger partial charge in [0, 0.05) is 23.5 Å². The van der Waals surface area contributed by atoms with Crippen molar-refractivity contribution in [3.63, 3.8) is 0 Å². The molecule has 6 nitrogen and oxygen atoms in total. The van der Waals surface area contributed by atoms with Gasteiger partial charge in [0.05, 0.1) is 12.8 Å². The summed E-state index contributed by atoms with van der Waals surface area (Å²) in [4.78, 5) is 23.3. The second kappa shape index (κ2) is 8.51. The number of methoxy groups -OCH3 is 1. The summed E-state index contributed by atoms with van der Waals surface area (Å²) in [6.45, 7) is 2.66. The third-order valence-corrected chi connectivity index (χ3v) is 4.15. The van der Waals surface area contributed by atoms with Crippen molar-refractivity contribution in [1.82, 2.24) is 9.97 Å². The first-order chi connectivity index (χ1) is 13.1. The number of nitrogens with one attached hydrogen (secondary N) is 1. The van der Waals surface area contributed by atoms with Crippen LogP contribution in [-0.4, -0.2) is 29.5 Å². The van der Waals surface area contributed by atoms with Gasteiger partial charge in [0.2, 0.25) is 5.95 Å². The van der Waals surface area contributed by atoms with Gasteiger partial charge in [-0.15, -0.1) is 0 Å². The lowest BCUT2D eigenvalue weighted by molar-refractivity contribution is 0.102. The maximum Gasteiger partial charge on any atom is 0.274 e. The van der Waals surface area contributed by atoms with E-state index in [4.69, 9.17) is 16.3 Å². The first-order valence-corrected chi connectivity index (χ1v) is 8.80. The number of amides is 1. The Balaban J connectivity index is 1.87. The van der Waals surface area contributed by atoms with Crippen LogP contribution >= 0.6 is 11.6 Å². The number of para-hydroxylation sites is 1. The van der Waals surface area contributed by atoms with E-state index in [1.165, 1.54) is 7.11 Å². The molecule has 0 aliphatic rings. The minimum atomic E-state index is -0.372. The molecule has 1 aromatic heterocycles. The van der Waals surface area contributed by atoms with E-state index in [1.54, 1.807) is 30.5 Å². The molecule has 0 saturated heterocycles. The number of aromatic nitrogens is 2. The van der Waals surface area contributed by atoms with Crippen LogP contribution in [0, 0.1) is 0 Å². The molecule has 27 heavy (non-hydrogen) atoms. The standard InChI is InChI=1S/C20H19ClN4O2/c1-3-25(15-7-5-4-6-8-15)20-22-12-11-16(24-20)19(26)23-17-13-14(21)9-10-18(17)27-2/h4-13H,3H2,1-2H3,(H,23,26). The van der Waals surface area contributed by atoms with E-state index in [0.29, 0.717) is 29.0 Å². The van der Waals surface area contributed by atoms with E-state index in [1.807, 2.05) is 42.2 Å².